The van der Waals surface area contributed by atoms with Gasteiger partial charge < -0.3 is 19.9 Å². The molecule has 1 aromatic carbocycles. The Kier molecular flexibility index (Phi) is 6.17. The van der Waals surface area contributed by atoms with Gasteiger partial charge in [0.15, 0.2) is 0 Å². The van der Waals surface area contributed by atoms with E-state index in [1.165, 1.54) is 7.11 Å². The first-order valence-corrected chi connectivity index (χ1v) is 7.97. The van der Waals surface area contributed by atoms with E-state index in [-0.39, 0.29) is 17.8 Å². The number of anilines is 1. The van der Waals surface area contributed by atoms with E-state index in [9.17, 15) is 14.4 Å². The molecule has 0 aromatic heterocycles. The third-order valence-corrected chi connectivity index (χ3v) is 4.05. The molecule has 0 saturated carbocycles. The summed E-state index contributed by atoms with van der Waals surface area (Å²) >= 11 is 0. The van der Waals surface area contributed by atoms with Crippen LogP contribution in [-0.4, -0.2) is 67.4 Å². The lowest BCUT2D eigenvalue weighted by molar-refractivity contribution is -0.138. The molecule has 1 saturated heterocycles. The van der Waals surface area contributed by atoms with Gasteiger partial charge in [0.2, 0.25) is 11.8 Å². The molecule has 1 fully saturated rings. The average molecular weight is 333 g/mol. The minimum atomic E-state index is -0.374. The number of carbonyl (C=O) groups excluding carboxylic acids is 3. The van der Waals surface area contributed by atoms with Crippen molar-refractivity contribution in [1.82, 2.24) is 9.80 Å². The number of methoxy groups -OCH3 is 1. The van der Waals surface area contributed by atoms with Gasteiger partial charge in [0.25, 0.3) is 0 Å². The fourth-order valence-electron chi connectivity index (χ4n) is 2.58. The largest absolute Gasteiger partial charge is 0.465 e. The van der Waals surface area contributed by atoms with E-state index in [0.29, 0.717) is 44.7 Å². The van der Waals surface area contributed by atoms with E-state index in [1.807, 2.05) is 0 Å². The van der Waals surface area contributed by atoms with Crippen LogP contribution in [0.5, 0.6) is 0 Å². The molecule has 0 unspecified atom stereocenters. The third kappa shape index (κ3) is 4.71. The first-order valence-electron chi connectivity index (χ1n) is 7.97. The van der Waals surface area contributed by atoms with Crippen molar-refractivity contribution in [3.8, 4) is 0 Å². The highest BCUT2D eigenvalue weighted by Gasteiger charge is 2.21. The number of amides is 2. The molecule has 1 aliphatic heterocycles. The number of hydrogen-bond donors (Lipinski definition) is 1. The van der Waals surface area contributed by atoms with Crippen LogP contribution in [0.3, 0.4) is 0 Å². The maximum atomic E-state index is 12.2. The lowest BCUT2D eigenvalue weighted by Crippen LogP contribution is -2.50. The van der Waals surface area contributed by atoms with Crippen LogP contribution in [0.2, 0.25) is 0 Å². The van der Waals surface area contributed by atoms with Gasteiger partial charge >= 0.3 is 5.97 Å². The first kappa shape index (κ1) is 17.8. The summed E-state index contributed by atoms with van der Waals surface area (Å²) in [6.07, 6.45) is 0.388. The van der Waals surface area contributed by atoms with Crippen LogP contribution < -0.4 is 5.32 Å². The molecule has 0 atom stereocenters. The van der Waals surface area contributed by atoms with Crippen LogP contribution >= 0.6 is 0 Å². The lowest BCUT2D eigenvalue weighted by atomic mass is 10.2. The molecule has 2 amide bonds. The number of ether oxygens (including phenoxy) is 1. The molecule has 130 valence electrons. The summed E-state index contributed by atoms with van der Waals surface area (Å²) in [5.74, 6) is -0.238. The van der Waals surface area contributed by atoms with Crippen molar-refractivity contribution in [3.05, 3.63) is 29.8 Å². The van der Waals surface area contributed by atoms with Crippen LogP contribution in [0.25, 0.3) is 0 Å². The zero-order chi connectivity index (χ0) is 17.5. The predicted molar refractivity (Wildman–Crippen MR) is 89.7 cm³/mol. The van der Waals surface area contributed by atoms with E-state index >= 15 is 0 Å². The number of nitrogens with one attached hydrogen (secondary N) is 1. The Morgan fingerprint density at radius 2 is 1.62 bits per heavy atom. The number of nitrogens with zero attached hydrogens (tertiary/aromatic N) is 2. The summed E-state index contributed by atoms with van der Waals surface area (Å²) in [6, 6.07) is 6.92. The van der Waals surface area contributed by atoms with Gasteiger partial charge in [-0.05, 0) is 24.3 Å². The van der Waals surface area contributed by atoms with E-state index in [1.54, 1.807) is 41.0 Å². The Balaban J connectivity index is 1.73. The highest BCUT2D eigenvalue weighted by atomic mass is 16.5. The van der Waals surface area contributed by atoms with E-state index in [4.69, 9.17) is 0 Å². The van der Waals surface area contributed by atoms with Gasteiger partial charge in [-0.25, -0.2) is 4.79 Å². The second-order valence-corrected chi connectivity index (χ2v) is 5.63. The molecule has 0 spiro atoms. The van der Waals surface area contributed by atoms with Gasteiger partial charge in [0.1, 0.15) is 0 Å². The van der Waals surface area contributed by atoms with Crippen molar-refractivity contribution in [2.24, 2.45) is 0 Å². The minimum Gasteiger partial charge on any atom is -0.465 e. The van der Waals surface area contributed by atoms with Crippen molar-refractivity contribution in [2.75, 3.05) is 45.2 Å². The van der Waals surface area contributed by atoms with Crippen molar-refractivity contribution < 1.29 is 19.1 Å². The van der Waals surface area contributed by atoms with Gasteiger partial charge in [-0.3, -0.25) is 9.59 Å². The molecule has 1 N–H and O–H groups in total. The predicted octanol–water partition coefficient (Wildman–Crippen LogP) is 0.966. The molecule has 0 aliphatic carbocycles. The Morgan fingerprint density at radius 3 is 2.17 bits per heavy atom. The molecule has 0 radical (unpaired) electrons. The molecular weight excluding hydrogens is 310 g/mol. The summed E-state index contributed by atoms with van der Waals surface area (Å²) in [5, 5.41) is 3.16. The highest BCUT2D eigenvalue weighted by Crippen LogP contribution is 2.11. The van der Waals surface area contributed by atoms with Crippen LogP contribution in [-0.2, 0) is 14.3 Å². The summed E-state index contributed by atoms with van der Waals surface area (Å²) < 4.78 is 4.64. The normalized spacial score (nSPS) is 14.2. The van der Waals surface area contributed by atoms with Crippen molar-refractivity contribution in [2.45, 2.75) is 13.3 Å². The number of benzene rings is 1. The highest BCUT2D eigenvalue weighted by molar-refractivity contribution is 5.89. The SMILES string of the molecule is COC(=O)c1ccc(NCCC(=O)N2CCN(C(C)=O)CC2)cc1. The monoisotopic (exact) mass is 333 g/mol. The Hall–Kier alpha value is -2.57. The molecule has 24 heavy (non-hydrogen) atoms. The zero-order valence-corrected chi connectivity index (χ0v) is 14.1. The number of rotatable bonds is 5. The number of carbonyl (C=O) groups is 3. The molecule has 7 nitrogen and oxygen atoms in total. The molecular formula is C17H23N3O4. The zero-order valence-electron chi connectivity index (χ0n) is 14.1. The molecule has 7 heteroatoms. The Morgan fingerprint density at radius 1 is 1.04 bits per heavy atom. The van der Waals surface area contributed by atoms with Gasteiger partial charge in [-0.1, -0.05) is 0 Å². The van der Waals surface area contributed by atoms with E-state index in [2.05, 4.69) is 10.1 Å². The topological polar surface area (TPSA) is 79.0 Å². The number of hydrogen-bond acceptors (Lipinski definition) is 5. The van der Waals surface area contributed by atoms with E-state index in [0.717, 1.165) is 5.69 Å². The quantitative estimate of drug-likeness (QED) is 0.812. The van der Waals surface area contributed by atoms with Gasteiger partial charge in [0.05, 0.1) is 12.7 Å². The van der Waals surface area contributed by atoms with Crippen molar-refractivity contribution in [1.29, 1.82) is 0 Å². The molecule has 2 rings (SSSR count). The van der Waals surface area contributed by atoms with Gasteiger partial charge in [0, 0.05) is 51.8 Å². The van der Waals surface area contributed by atoms with Gasteiger partial charge in [-0.2, -0.15) is 0 Å². The summed E-state index contributed by atoms with van der Waals surface area (Å²) in [4.78, 5) is 38.3. The number of esters is 1. The summed E-state index contributed by atoms with van der Waals surface area (Å²) in [6.45, 7) is 4.45. The van der Waals surface area contributed by atoms with Crippen LogP contribution in [0.4, 0.5) is 5.69 Å². The standard InChI is InChI=1S/C17H23N3O4/c1-13(21)19-9-11-20(12-10-19)16(22)7-8-18-15-5-3-14(4-6-15)17(23)24-2/h3-6,18H,7-12H2,1-2H3. The molecule has 0 bridgehead atoms. The second-order valence-electron chi connectivity index (χ2n) is 5.63. The van der Waals surface area contributed by atoms with Crippen LogP contribution in [0.15, 0.2) is 24.3 Å². The van der Waals surface area contributed by atoms with Crippen LogP contribution in [0.1, 0.15) is 23.7 Å². The fraction of sp³-hybridized carbons (Fsp3) is 0.471. The molecule has 1 aromatic rings. The first-order chi connectivity index (χ1) is 11.5. The summed E-state index contributed by atoms with van der Waals surface area (Å²) in [7, 11) is 1.34. The third-order valence-electron chi connectivity index (χ3n) is 4.05. The fourth-order valence-corrected chi connectivity index (χ4v) is 2.58. The van der Waals surface area contributed by atoms with Gasteiger partial charge in [-0.15, -0.1) is 0 Å². The Labute approximate surface area is 141 Å². The smallest absolute Gasteiger partial charge is 0.337 e. The molecule has 1 aliphatic rings. The average Bonchev–Trinajstić information content (AvgIpc) is 2.61. The van der Waals surface area contributed by atoms with Crippen molar-refractivity contribution in [3.63, 3.8) is 0 Å². The maximum absolute atomic E-state index is 12.2. The summed E-state index contributed by atoms with van der Waals surface area (Å²) in [5.41, 5.74) is 1.33. The van der Waals surface area contributed by atoms with E-state index < -0.39 is 0 Å². The minimum absolute atomic E-state index is 0.0548. The van der Waals surface area contributed by atoms with Crippen molar-refractivity contribution >= 4 is 23.5 Å². The number of piperazine rings is 1. The Bertz CT molecular complexity index is 592. The molecule has 1 heterocycles. The lowest BCUT2D eigenvalue weighted by Gasteiger charge is -2.34. The maximum Gasteiger partial charge on any atom is 0.337 e. The van der Waals surface area contributed by atoms with Crippen LogP contribution in [0, 0.1) is 0 Å². The second kappa shape index (κ2) is 8.33.